The van der Waals surface area contributed by atoms with Gasteiger partial charge in [-0.1, -0.05) is 34.1 Å². The maximum Gasteiger partial charge on any atom is 0.451 e. The third-order valence-corrected chi connectivity index (χ3v) is 3.45. The lowest BCUT2D eigenvalue weighted by Crippen LogP contribution is -2.37. The first kappa shape index (κ1) is 14.7. The third kappa shape index (κ3) is 2.47. The number of hydrogen-bond acceptors (Lipinski definition) is 3. The smallest absolute Gasteiger partial charge is 0.451 e. The van der Waals surface area contributed by atoms with E-state index in [2.05, 4.69) is 21.2 Å². The molecule has 2 rings (SSSR count). The molecule has 0 aromatic heterocycles. The van der Waals surface area contributed by atoms with Crippen LogP contribution in [0.1, 0.15) is 12.5 Å². The Morgan fingerprint density at radius 3 is 2.45 bits per heavy atom. The molecule has 0 bridgehead atoms. The number of carboxylic acids is 1. The Morgan fingerprint density at radius 2 is 2.00 bits per heavy atom. The Labute approximate surface area is 120 Å². The molecule has 0 fully saturated rings. The van der Waals surface area contributed by atoms with Gasteiger partial charge in [-0.25, -0.2) is 4.79 Å². The summed E-state index contributed by atoms with van der Waals surface area (Å²) < 4.78 is 43.9. The van der Waals surface area contributed by atoms with Crippen LogP contribution in [0.15, 0.2) is 40.2 Å². The monoisotopic (exact) mass is 351 g/mol. The lowest BCUT2D eigenvalue weighted by Gasteiger charge is -2.27. The van der Waals surface area contributed by atoms with Crippen molar-refractivity contribution in [3.05, 3.63) is 45.8 Å². The molecule has 0 amide bonds. The Morgan fingerprint density at radius 1 is 1.40 bits per heavy atom. The van der Waals surface area contributed by atoms with Gasteiger partial charge in [-0.2, -0.15) is 13.2 Å². The van der Waals surface area contributed by atoms with Crippen molar-refractivity contribution in [2.75, 3.05) is 0 Å². The normalized spacial score (nSPS) is 22.4. The molecule has 2 N–H and O–H groups in total. The second kappa shape index (κ2) is 4.69. The summed E-state index contributed by atoms with van der Waals surface area (Å²) in [6, 6.07) is 6.46. The van der Waals surface area contributed by atoms with Crippen LogP contribution < -0.4 is 5.32 Å². The quantitative estimate of drug-likeness (QED) is 0.859. The first-order chi connectivity index (χ1) is 9.15. The summed E-state index contributed by atoms with van der Waals surface area (Å²) in [6.45, 7) is 1.33. The van der Waals surface area contributed by atoms with Gasteiger partial charge in [0.2, 0.25) is 11.5 Å². The molecule has 1 aliphatic rings. The average molecular weight is 352 g/mol. The highest BCUT2D eigenvalue weighted by Gasteiger charge is 2.51. The summed E-state index contributed by atoms with van der Waals surface area (Å²) in [4.78, 5) is 11.0. The molecule has 4 nitrogen and oxygen atoms in total. The second-order valence-corrected chi connectivity index (χ2v) is 5.10. The van der Waals surface area contributed by atoms with E-state index in [1.165, 1.54) is 13.0 Å². The minimum atomic E-state index is -4.89. The topological polar surface area (TPSA) is 58.6 Å². The van der Waals surface area contributed by atoms with E-state index >= 15 is 0 Å². The standard InChI is InChI=1S/C12H9BrF3NO3/c1-11(6-4-2-3-5-7(6)13)17-8(10(18)19)9(20-11)12(14,15)16/h2-5,17H,1H3,(H,18,19). The number of aliphatic carboxylic acids is 1. The van der Waals surface area contributed by atoms with Gasteiger partial charge >= 0.3 is 12.1 Å². The molecule has 1 atom stereocenters. The van der Waals surface area contributed by atoms with Crippen molar-refractivity contribution in [1.82, 2.24) is 5.32 Å². The van der Waals surface area contributed by atoms with Crippen molar-refractivity contribution >= 4 is 21.9 Å². The average Bonchev–Trinajstić information content (AvgIpc) is 2.69. The molecule has 1 unspecified atom stereocenters. The van der Waals surface area contributed by atoms with Crippen LogP contribution in [0.4, 0.5) is 13.2 Å². The number of nitrogens with one attached hydrogen (secondary N) is 1. The number of hydrogen-bond donors (Lipinski definition) is 2. The summed E-state index contributed by atoms with van der Waals surface area (Å²) in [7, 11) is 0. The van der Waals surface area contributed by atoms with Gasteiger partial charge in [-0.15, -0.1) is 0 Å². The lowest BCUT2D eigenvalue weighted by atomic mass is 10.1. The minimum absolute atomic E-state index is 0.359. The predicted molar refractivity (Wildman–Crippen MR) is 66.4 cm³/mol. The van der Waals surface area contributed by atoms with E-state index < -0.39 is 29.3 Å². The van der Waals surface area contributed by atoms with Gasteiger partial charge in [0.1, 0.15) is 0 Å². The van der Waals surface area contributed by atoms with Gasteiger partial charge in [-0.3, -0.25) is 0 Å². The van der Waals surface area contributed by atoms with Crippen LogP contribution in [-0.2, 0) is 15.3 Å². The van der Waals surface area contributed by atoms with Crippen LogP contribution in [0.25, 0.3) is 0 Å². The fraction of sp³-hybridized carbons (Fsp3) is 0.250. The number of carbonyl (C=O) groups is 1. The highest BCUT2D eigenvalue weighted by atomic mass is 79.9. The Hall–Kier alpha value is -1.70. The van der Waals surface area contributed by atoms with Crippen LogP contribution >= 0.6 is 15.9 Å². The van der Waals surface area contributed by atoms with Crippen LogP contribution in [0.3, 0.4) is 0 Å². The third-order valence-electron chi connectivity index (χ3n) is 2.76. The van der Waals surface area contributed by atoms with E-state index in [-0.39, 0.29) is 0 Å². The number of allylic oxidation sites excluding steroid dienone is 1. The maximum absolute atomic E-state index is 12.8. The van der Waals surface area contributed by atoms with E-state index in [4.69, 9.17) is 9.84 Å². The number of carboxylic acid groups (broad SMARTS) is 1. The van der Waals surface area contributed by atoms with Gasteiger partial charge < -0.3 is 15.2 Å². The summed E-state index contributed by atoms with van der Waals surface area (Å²) in [5.74, 6) is -3.27. The molecule has 108 valence electrons. The van der Waals surface area contributed by atoms with Gasteiger partial charge in [0.15, 0.2) is 5.70 Å². The Balaban J connectivity index is 2.47. The SMILES string of the molecule is CC1(c2ccccc2Br)NC(C(=O)O)=C(C(F)(F)F)O1. The molecule has 0 spiro atoms. The largest absolute Gasteiger partial charge is 0.476 e. The molecule has 1 aliphatic heterocycles. The summed E-state index contributed by atoms with van der Waals surface area (Å²) in [5, 5.41) is 11.2. The Kier molecular flexibility index (Phi) is 3.45. The second-order valence-electron chi connectivity index (χ2n) is 4.25. The van der Waals surface area contributed by atoms with Crippen LogP contribution in [0.2, 0.25) is 0 Å². The molecule has 1 aromatic carbocycles. The first-order valence-electron chi connectivity index (χ1n) is 5.42. The molecule has 0 radical (unpaired) electrons. The summed E-state index contributed by atoms with van der Waals surface area (Å²) >= 11 is 3.20. The van der Waals surface area contributed by atoms with E-state index in [0.717, 1.165) is 0 Å². The molecule has 20 heavy (non-hydrogen) atoms. The van der Waals surface area contributed by atoms with Crippen LogP contribution in [-0.4, -0.2) is 17.3 Å². The number of benzene rings is 1. The molecule has 8 heteroatoms. The summed E-state index contributed by atoms with van der Waals surface area (Å²) in [6.07, 6.45) is -4.89. The van der Waals surface area contributed by atoms with Crippen molar-refractivity contribution in [3.8, 4) is 0 Å². The fourth-order valence-corrected chi connectivity index (χ4v) is 2.56. The molecule has 1 heterocycles. The predicted octanol–water partition coefficient (Wildman–Crippen LogP) is 3.10. The van der Waals surface area contributed by atoms with Gasteiger partial charge in [0.05, 0.1) is 0 Å². The van der Waals surface area contributed by atoms with Crippen LogP contribution in [0, 0.1) is 0 Å². The van der Waals surface area contributed by atoms with Crippen molar-refractivity contribution in [3.63, 3.8) is 0 Å². The van der Waals surface area contributed by atoms with Gasteiger partial charge in [0, 0.05) is 10.0 Å². The van der Waals surface area contributed by atoms with Crippen LogP contribution in [0.5, 0.6) is 0 Å². The van der Waals surface area contributed by atoms with Crippen molar-refractivity contribution < 1.29 is 27.8 Å². The number of alkyl halides is 3. The molecular formula is C12H9BrF3NO3. The van der Waals surface area contributed by atoms with E-state index in [0.29, 0.717) is 10.0 Å². The Bertz CT molecular complexity index is 600. The fourth-order valence-electron chi connectivity index (χ4n) is 1.90. The van der Waals surface area contributed by atoms with Crippen molar-refractivity contribution in [1.29, 1.82) is 0 Å². The van der Waals surface area contributed by atoms with E-state index in [9.17, 15) is 18.0 Å². The molecule has 0 saturated heterocycles. The lowest BCUT2D eigenvalue weighted by molar-refractivity contribution is -0.150. The number of halogens is 4. The first-order valence-corrected chi connectivity index (χ1v) is 6.21. The van der Waals surface area contributed by atoms with E-state index in [1.54, 1.807) is 18.2 Å². The van der Waals surface area contributed by atoms with Crippen molar-refractivity contribution in [2.24, 2.45) is 0 Å². The van der Waals surface area contributed by atoms with Gasteiger partial charge in [-0.05, 0) is 13.0 Å². The minimum Gasteiger partial charge on any atom is -0.476 e. The van der Waals surface area contributed by atoms with Crippen molar-refractivity contribution in [2.45, 2.75) is 18.8 Å². The zero-order valence-electron chi connectivity index (χ0n) is 10.1. The summed E-state index contributed by atoms with van der Waals surface area (Å²) in [5.41, 5.74) is -2.26. The number of ether oxygens (including phenoxy) is 1. The highest BCUT2D eigenvalue weighted by Crippen LogP contribution is 2.42. The molecular weight excluding hydrogens is 343 g/mol. The maximum atomic E-state index is 12.8. The highest BCUT2D eigenvalue weighted by molar-refractivity contribution is 9.10. The van der Waals surface area contributed by atoms with E-state index in [1.807, 2.05) is 0 Å². The number of rotatable bonds is 2. The molecule has 1 aromatic rings. The zero-order valence-corrected chi connectivity index (χ0v) is 11.7. The molecule has 0 aliphatic carbocycles. The zero-order chi connectivity index (χ0) is 15.1. The van der Waals surface area contributed by atoms with Gasteiger partial charge in [0.25, 0.3) is 0 Å². The molecule has 0 saturated carbocycles.